The molecule has 1 aliphatic heterocycles. The van der Waals surface area contributed by atoms with Gasteiger partial charge < -0.3 is 29.7 Å². The number of benzene rings is 2. The molecule has 3 N–H and O–H groups in total. The summed E-state index contributed by atoms with van der Waals surface area (Å²) in [5.74, 6) is -2.39. The van der Waals surface area contributed by atoms with Crippen LogP contribution in [0.4, 0.5) is 0 Å². The molecule has 3 rings (SSSR count). The first-order valence-electron chi connectivity index (χ1n) is 11.8. The fourth-order valence-electron chi connectivity index (χ4n) is 3.74. The lowest BCUT2D eigenvalue weighted by atomic mass is 10.00. The van der Waals surface area contributed by atoms with Gasteiger partial charge in [-0.3, -0.25) is 4.79 Å². The van der Waals surface area contributed by atoms with E-state index in [1.54, 1.807) is 0 Å². The molecule has 0 bridgehead atoms. The van der Waals surface area contributed by atoms with E-state index in [4.69, 9.17) is 24.8 Å². The van der Waals surface area contributed by atoms with Crippen LogP contribution >= 0.6 is 0 Å². The lowest BCUT2D eigenvalue weighted by Gasteiger charge is -2.34. The minimum Gasteiger partial charge on any atom is -0.494 e. The van der Waals surface area contributed by atoms with Crippen LogP contribution in [0.3, 0.4) is 0 Å². The van der Waals surface area contributed by atoms with Crippen molar-refractivity contribution in [2.75, 3.05) is 26.2 Å². The van der Waals surface area contributed by atoms with E-state index in [1.165, 1.54) is 0 Å². The molecule has 0 aliphatic carbocycles. The van der Waals surface area contributed by atoms with Crippen molar-refractivity contribution < 1.29 is 39.2 Å². The molecule has 1 heterocycles. The van der Waals surface area contributed by atoms with Crippen molar-refractivity contribution in [2.24, 2.45) is 0 Å². The minimum absolute atomic E-state index is 0.118. The number of nitrogens with zero attached hydrogens (tertiary/aromatic N) is 1. The zero-order valence-electron chi connectivity index (χ0n) is 20.3. The second-order valence-corrected chi connectivity index (χ2v) is 8.12. The number of piperidine rings is 1. The van der Waals surface area contributed by atoms with Gasteiger partial charge in [-0.1, -0.05) is 42.5 Å². The highest BCUT2D eigenvalue weighted by atomic mass is 16.5. The molecule has 194 valence electrons. The number of hydrogen-bond donors (Lipinski definition) is 3. The summed E-state index contributed by atoms with van der Waals surface area (Å²) in [6, 6.07) is 18.4. The molecule has 0 spiro atoms. The highest BCUT2D eigenvalue weighted by Gasteiger charge is 2.25. The first kappa shape index (κ1) is 28.5. The van der Waals surface area contributed by atoms with E-state index in [1.807, 2.05) is 37.3 Å². The zero-order valence-corrected chi connectivity index (χ0v) is 20.3. The topological polar surface area (TPSA) is 134 Å². The van der Waals surface area contributed by atoms with E-state index in [9.17, 15) is 14.4 Å². The van der Waals surface area contributed by atoms with E-state index in [2.05, 4.69) is 29.2 Å². The number of aliphatic carboxylic acids is 3. The summed E-state index contributed by atoms with van der Waals surface area (Å²) in [7, 11) is 0. The van der Waals surface area contributed by atoms with Gasteiger partial charge in [0.2, 0.25) is 0 Å². The number of hydrogen-bond acceptors (Lipinski definition) is 6. The lowest BCUT2D eigenvalue weighted by molar-refractivity contribution is -0.137. The third-order valence-corrected chi connectivity index (χ3v) is 5.47. The molecule has 1 aliphatic rings. The van der Waals surface area contributed by atoms with E-state index >= 15 is 0 Å². The maximum absolute atomic E-state index is 10.8. The fourth-order valence-corrected chi connectivity index (χ4v) is 3.74. The molecule has 0 amide bonds. The van der Waals surface area contributed by atoms with Crippen molar-refractivity contribution in [1.29, 1.82) is 0 Å². The zero-order chi connectivity index (χ0) is 26.3. The van der Waals surface area contributed by atoms with Crippen molar-refractivity contribution in [3.05, 3.63) is 77.9 Å². The van der Waals surface area contributed by atoms with Crippen LogP contribution in [0.2, 0.25) is 0 Å². The van der Waals surface area contributed by atoms with E-state index < -0.39 is 17.9 Å². The molecule has 0 radical (unpaired) electrons. The van der Waals surface area contributed by atoms with Crippen LogP contribution in [0.1, 0.15) is 43.4 Å². The summed E-state index contributed by atoms with van der Waals surface area (Å²) in [6.45, 7) is 5.00. The van der Waals surface area contributed by atoms with Crippen molar-refractivity contribution in [3.63, 3.8) is 0 Å². The predicted molar refractivity (Wildman–Crippen MR) is 133 cm³/mol. The van der Waals surface area contributed by atoms with Gasteiger partial charge in [0.05, 0.1) is 19.1 Å². The molecule has 2 aromatic carbocycles. The summed E-state index contributed by atoms with van der Waals surface area (Å²) in [4.78, 5) is 32.1. The van der Waals surface area contributed by atoms with Crippen LogP contribution in [-0.2, 0) is 19.1 Å². The Balaban J connectivity index is 0.000000493. The maximum Gasteiger partial charge on any atom is 0.328 e. The second kappa shape index (κ2) is 15.3. The number of carboxylic acid groups (broad SMARTS) is 3. The fraction of sp³-hybridized carbons (Fsp3) is 0.370. The number of carbonyl (C=O) groups is 3. The number of likely N-dealkylation sites (tertiary alicyclic amines) is 1. The molecular formula is C27H33NO8. The second-order valence-electron chi connectivity index (χ2n) is 8.12. The highest BCUT2D eigenvalue weighted by molar-refractivity contribution is 5.89. The Morgan fingerprint density at radius 1 is 0.917 bits per heavy atom. The summed E-state index contributed by atoms with van der Waals surface area (Å²) in [5, 5.41) is 24.5. The standard InChI is InChI=1S/C23H29NO4.C4H4O4/c1-2-27-20-10-8-19(9-11-20)23(18-6-4-3-5-7-18)28-21-12-15-24(16-13-21)17-14-22(25)26;5-3(6)1-2-4(7)8/h3-11,21,23H,2,12-17H2,1H3,(H,25,26);1-2H,(H,5,6)(H,7,8). The normalized spacial score (nSPS) is 15.0. The monoisotopic (exact) mass is 499 g/mol. The van der Waals surface area contributed by atoms with Crippen LogP contribution < -0.4 is 4.74 Å². The lowest BCUT2D eigenvalue weighted by Crippen LogP contribution is -2.38. The molecule has 9 heteroatoms. The van der Waals surface area contributed by atoms with E-state index in [-0.39, 0.29) is 18.6 Å². The number of carboxylic acids is 3. The molecule has 2 aromatic rings. The Hall–Kier alpha value is -3.69. The van der Waals surface area contributed by atoms with Gasteiger partial charge in [-0.25, -0.2) is 9.59 Å². The summed E-state index contributed by atoms with van der Waals surface area (Å²) in [5.41, 5.74) is 2.25. The smallest absolute Gasteiger partial charge is 0.328 e. The molecule has 0 saturated carbocycles. The Labute approximate surface area is 210 Å². The van der Waals surface area contributed by atoms with Crippen LogP contribution in [-0.4, -0.2) is 70.5 Å². The molecular weight excluding hydrogens is 466 g/mol. The van der Waals surface area contributed by atoms with Crippen molar-refractivity contribution in [3.8, 4) is 5.75 Å². The third kappa shape index (κ3) is 10.7. The largest absolute Gasteiger partial charge is 0.494 e. The molecule has 36 heavy (non-hydrogen) atoms. The minimum atomic E-state index is -1.26. The number of rotatable bonds is 11. The Bertz CT molecular complexity index is 967. The van der Waals surface area contributed by atoms with Crippen molar-refractivity contribution >= 4 is 17.9 Å². The van der Waals surface area contributed by atoms with E-state index in [0.717, 1.165) is 42.8 Å². The van der Waals surface area contributed by atoms with Gasteiger partial charge in [-0.05, 0) is 43.0 Å². The first-order valence-corrected chi connectivity index (χ1v) is 11.8. The highest BCUT2D eigenvalue weighted by Crippen LogP contribution is 2.31. The Kier molecular flexibility index (Phi) is 12.2. The summed E-state index contributed by atoms with van der Waals surface area (Å²) >= 11 is 0. The molecule has 1 fully saturated rings. The van der Waals surface area contributed by atoms with Crippen molar-refractivity contribution in [1.82, 2.24) is 4.90 Å². The average Bonchev–Trinajstić information content (AvgIpc) is 2.87. The van der Waals surface area contributed by atoms with Crippen LogP contribution in [0, 0.1) is 0 Å². The van der Waals surface area contributed by atoms with Gasteiger partial charge in [0, 0.05) is 31.8 Å². The first-order chi connectivity index (χ1) is 17.3. The molecule has 1 unspecified atom stereocenters. The summed E-state index contributed by atoms with van der Waals surface area (Å²) < 4.78 is 12.1. The van der Waals surface area contributed by atoms with Gasteiger partial charge in [0.1, 0.15) is 11.9 Å². The molecule has 9 nitrogen and oxygen atoms in total. The Morgan fingerprint density at radius 2 is 1.47 bits per heavy atom. The van der Waals surface area contributed by atoms with Gasteiger partial charge >= 0.3 is 17.9 Å². The predicted octanol–water partition coefficient (Wildman–Crippen LogP) is 3.84. The van der Waals surface area contributed by atoms with Crippen LogP contribution in [0.15, 0.2) is 66.7 Å². The Morgan fingerprint density at radius 3 is 1.97 bits per heavy atom. The maximum atomic E-state index is 10.8. The van der Waals surface area contributed by atoms with Crippen molar-refractivity contribution in [2.45, 2.75) is 38.4 Å². The summed E-state index contributed by atoms with van der Waals surface area (Å²) in [6.07, 6.45) is 3.19. The van der Waals surface area contributed by atoms with Crippen LogP contribution in [0.25, 0.3) is 0 Å². The SMILES string of the molecule is CCOc1ccc(C(OC2CCN(CCC(=O)O)CC2)c2ccccc2)cc1.O=C(O)C=CC(=O)O. The van der Waals surface area contributed by atoms with Gasteiger partial charge in [0.25, 0.3) is 0 Å². The van der Waals surface area contributed by atoms with Gasteiger partial charge in [-0.15, -0.1) is 0 Å². The molecule has 0 aromatic heterocycles. The third-order valence-electron chi connectivity index (χ3n) is 5.47. The average molecular weight is 500 g/mol. The van der Waals surface area contributed by atoms with Gasteiger partial charge in [0.15, 0.2) is 0 Å². The number of ether oxygens (including phenoxy) is 2. The quantitative estimate of drug-likeness (QED) is 0.394. The van der Waals surface area contributed by atoms with Crippen LogP contribution in [0.5, 0.6) is 5.75 Å². The molecule has 1 saturated heterocycles. The van der Waals surface area contributed by atoms with E-state index in [0.29, 0.717) is 25.3 Å². The molecule has 1 atom stereocenters. The van der Waals surface area contributed by atoms with Gasteiger partial charge in [-0.2, -0.15) is 0 Å².